The summed E-state index contributed by atoms with van der Waals surface area (Å²) in [6.07, 6.45) is 9.55. The van der Waals surface area contributed by atoms with Crippen LogP contribution in [0.25, 0.3) is 0 Å². The average molecular weight is 363 g/mol. The van der Waals surface area contributed by atoms with Gasteiger partial charge in [-0.25, -0.2) is 0 Å². The summed E-state index contributed by atoms with van der Waals surface area (Å²) >= 11 is 0. The van der Waals surface area contributed by atoms with E-state index in [2.05, 4.69) is 33.8 Å². The van der Waals surface area contributed by atoms with Crippen LogP contribution in [0.5, 0.6) is 0 Å². The first-order valence-corrected chi connectivity index (χ1v) is 10.7. The van der Waals surface area contributed by atoms with Gasteiger partial charge in [0, 0.05) is 5.41 Å². The van der Waals surface area contributed by atoms with Crippen LogP contribution in [-0.4, -0.2) is 29.7 Å². The zero-order valence-electron chi connectivity index (χ0n) is 17.6. The minimum Gasteiger partial charge on any atom is -0.393 e. The van der Waals surface area contributed by atoms with Crippen molar-refractivity contribution < 1.29 is 14.6 Å². The summed E-state index contributed by atoms with van der Waals surface area (Å²) in [7, 11) is 0. The monoisotopic (exact) mass is 362 g/mol. The lowest BCUT2D eigenvalue weighted by Gasteiger charge is -2.61. The van der Waals surface area contributed by atoms with E-state index in [0.29, 0.717) is 23.9 Å². The third kappa shape index (κ3) is 2.72. The number of ether oxygens (including phenoxy) is 2. The quantitative estimate of drug-likeness (QED) is 0.661. The van der Waals surface area contributed by atoms with E-state index in [-0.39, 0.29) is 23.0 Å². The van der Waals surface area contributed by atoms with Gasteiger partial charge in [-0.2, -0.15) is 0 Å². The van der Waals surface area contributed by atoms with Gasteiger partial charge in [0.1, 0.15) is 0 Å². The number of hydrogen-bond donors (Lipinski definition) is 1. The Hall–Kier alpha value is -0.380. The molecule has 1 N–H and O–H groups in total. The Balaban J connectivity index is 1.61. The molecule has 3 aliphatic carbocycles. The highest BCUT2D eigenvalue weighted by atomic mass is 16.7. The molecular formula is C23H38O3. The topological polar surface area (TPSA) is 38.7 Å². The van der Waals surface area contributed by atoms with Crippen molar-refractivity contribution in [3.63, 3.8) is 0 Å². The molecular weight excluding hydrogens is 324 g/mol. The van der Waals surface area contributed by atoms with Crippen LogP contribution in [0, 0.1) is 28.1 Å². The van der Waals surface area contributed by atoms with Crippen molar-refractivity contribution in [2.75, 3.05) is 6.61 Å². The number of hydrogen-bond acceptors (Lipinski definition) is 3. The van der Waals surface area contributed by atoms with E-state index >= 15 is 0 Å². The first kappa shape index (κ1) is 19.0. The Morgan fingerprint density at radius 1 is 1.00 bits per heavy atom. The van der Waals surface area contributed by atoms with Crippen LogP contribution in [-0.2, 0) is 9.47 Å². The molecule has 0 amide bonds. The Morgan fingerprint density at radius 3 is 2.38 bits per heavy atom. The van der Waals surface area contributed by atoms with E-state index in [1.54, 1.807) is 5.57 Å². The van der Waals surface area contributed by atoms with Gasteiger partial charge in [0.15, 0.2) is 5.79 Å². The largest absolute Gasteiger partial charge is 0.393 e. The third-order valence-electron chi connectivity index (χ3n) is 8.71. The lowest BCUT2D eigenvalue weighted by atomic mass is 9.45. The predicted octanol–water partition coefficient (Wildman–Crippen LogP) is 5.08. The maximum Gasteiger partial charge on any atom is 0.163 e. The van der Waals surface area contributed by atoms with Gasteiger partial charge in [0.25, 0.3) is 0 Å². The van der Waals surface area contributed by atoms with E-state index in [1.807, 2.05) is 13.8 Å². The molecule has 2 saturated carbocycles. The summed E-state index contributed by atoms with van der Waals surface area (Å²) in [6, 6.07) is 0. The number of allylic oxidation sites excluding steroid dienone is 1. The number of fused-ring (bicyclic) bond motifs is 3. The molecule has 0 aromatic heterocycles. The first-order valence-electron chi connectivity index (χ1n) is 10.7. The molecule has 0 spiro atoms. The molecule has 0 bridgehead atoms. The maximum absolute atomic E-state index is 10.6. The van der Waals surface area contributed by atoms with Crippen LogP contribution in [0.1, 0.15) is 80.1 Å². The zero-order valence-corrected chi connectivity index (χ0v) is 17.6. The lowest BCUT2D eigenvalue weighted by molar-refractivity contribution is -0.153. The lowest BCUT2D eigenvalue weighted by Crippen LogP contribution is -2.55. The Kier molecular flexibility index (Phi) is 4.24. The normalized spacial score (nSPS) is 49.9. The fourth-order valence-electron chi connectivity index (χ4n) is 7.01. The molecule has 0 radical (unpaired) electrons. The summed E-state index contributed by atoms with van der Waals surface area (Å²) in [6.45, 7) is 14.2. The molecule has 1 unspecified atom stereocenters. The van der Waals surface area contributed by atoms with E-state index < -0.39 is 5.79 Å². The van der Waals surface area contributed by atoms with E-state index in [4.69, 9.17) is 9.47 Å². The number of aliphatic hydroxyl groups excluding tert-OH is 1. The second-order valence-corrected chi connectivity index (χ2v) is 11.1. The number of aliphatic hydroxyl groups is 1. The minimum absolute atomic E-state index is 0.0334. The van der Waals surface area contributed by atoms with Crippen LogP contribution >= 0.6 is 0 Å². The molecule has 26 heavy (non-hydrogen) atoms. The fourth-order valence-corrected chi connectivity index (χ4v) is 7.01. The summed E-state index contributed by atoms with van der Waals surface area (Å²) < 4.78 is 12.1. The SMILES string of the molecule is CC1(C)OCC([C@]2(C)C=C3CC[C@@H]4C(C)(C)[C@H](O)CC[C@@]4(C)[C@@H]3CC2)O1. The van der Waals surface area contributed by atoms with Crippen molar-refractivity contribution in [1.29, 1.82) is 0 Å². The fraction of sp³-hybridized carbons (Fsp3) is 0.913. The zero-order chi connectivity index (χ0) is 19.0. The molecule has 3 nitrogen and oxygen atoms in total. The van der Waals surface area contributed by atoms with Gasteiger partial charge in [-0.15, -0.1) is 0 Å². The van der Waals surface area contributed by atoms with Gasteiger partial charge in [-0.05, 0) is 75.0 Å². The van der Waals surface area contributed by atoms with Crippen molar-refractivity contribution in [2.24, 2.45) is 28.1 Å². The molecule has 4 rings (SSSR count). The molecule has 1 aliphatic heterocycles. The average Bonchev–Trinajstić information content (AvgIpc) is 2.92. The van der Waals surface area contributed by atoms with Gasteiger partial charge in [-0.1, -0.05) is 39.3 Å². The standard InChI is InChI=1S/C23H38O3/c1-20(2)17-8-7-15-13-22(5,19-14-25-21(3,4)26-19)11-9-16(15)23(17,6)12-10-18(20)24/h13,16-19,24H,7-12,14H2,1-6H3/t16-,17-,18-,19?,22+,23+/m1/s1. The van der Waals surface area contributed by atoms with Crippen molar-refractivity contribution in [3.05, 3.63) is 11.6 Å². The van der Waals surface area contributed by atoms with Gasteiger partial charge in [0.2, 0.25) is 0 Å². The van der Waals surface area contributed by atoms with E-state index in [0.717, 1.165) is 12.8 Å². The summed E-state index contributed by atoms with van der Waals surface area (Å²) in [5.41, 5.74) is 2.12. The second-order valence-electron chi connectivity index (χ2n) is 11.1. The van der Waals surface area contributed by atoms with Crippen molar-refractivity contribution in [1.82, 2.24) is 0 Å². The Labute approximate surface area is 159 Å². The molecule has 1 saturated heterocycles. The molecule has 3 heteroatoms. The first-order chi connectivity index (χ1) is 12.0. The van der Waals surface area contributed by atoms with Crippen LogP contribution in [0.2, 0.25) is 0 Å². The predicted molar refractivity (Wildman–Crippen MR) is 104 cm³/mol. The van der Waals surface area contributed by atoms with Crippen molar-refractivity contribution in [3.8, 4) is 0 Å². The summed E-state index contributed by atoms with van der Waals surface area (Å²) in [5, 5.41) is 10.6. The smallest absolute Gasteiger partial charge is 0.163 e. The van der Waals surface area contributed by atoms with Gasteiger partial charge in [0.05, 0.1) is 18.8 Å². The van der Waals surface area contributed by atoms with Gasteiger partial charge < -0.3 is 14.6 Å². The maximum atomic E-state index is 10.6. The molecule has 3 fully saturated rings. The Morgan fingerprint density at radius 2 is 1.73 bits per heavy atom. The van der Waals surface area contributed by atoms with E-state index in [1.165, 1.54) is 25.7 Å². The van der Waals surface area contributed by atoms with Gasteiger partial charge >= 0.3 is 0 Å². The van der Waals surface area contributed by atoms with Crippen LogP contribution in [0.15, 0.2) is 11.6 Å². The highest BCUT2D eigenvalue weighted by molar-refractivity contribution is 5.25. The van der Waals surface area contributed by atoms with Crippen molar-refractivity contribution >= 4 is 0 Å². The van der Waals surface area contributed by atoms with Crippen LogP contribution in [0.4, 0.5) is 0 Å². The third-order valence-corrected chi connectivity index (χ3v) is 8.71. The highest BCUT2D eigenvalue weighted by Gasteiger charge is 2.57. The van der Waals surface area contributed by atoms with Crippen LogP contribution < -0.4 is 0 Å². The molecule has 4 aliphatic rings. The Bertz CT molecular complexity index is 607. The van der Waals surface area contributed by atoms with Gasteiger partial charge in [-0.3, -0.25) is 0 Å². The molecule has 0 aromatic carbocycles. The van der Waals surface area contributed by atoms with E-state index in [9.17, 15) is 5.11 Å². The summed E-state index contributed by atoms with van der Waals surface area (Å²) in [4.78, 5) is 0. The number of rotatable bonds is 1. The van der Waals surface area contributed by atoms with Crippen molar-refractivity contribution in [2.45, 2.75) is 98.1 Å². The second kappa shape index (κ2) is 5.81. The minimum atomic E-state index is -0.448. The molecule has 1 heterocycles. The highest BCUT2D eigenvalue weighted by Crippen LogP contribution is 2.64. The molecule has 6 atom stereocenters. The summed E-state index contributed by atoms with van der Waals surface area (Å²) in [5.74, 6) is 0.850. The molecule has 148 valence electrons. The molecule has 0 aromatic rings. The van der Waals surface area contributed by atoms with Crippen LogP contribution in [0.3, 0.4) is 0 Å².